The number of allylic oxidation sites excluding steroid dienone is 1. The van der Waals surface area contributed by atoms with Gasteiger partial charge in [0.2, 0.25) is 0 Å². The van der Waals surface area contributed by atoms with Gasteiger partial charge in [-0.15, -0.1) is 11.3 Å². The molecule has 0 fully saturated rings. The summed E-state index contributed by atoms with van der Waals surface area (Å²) < 4.78 is 50.3. The van der Waals surface area contributed by atoms with Gasteiger partial charge in [-0.05, 0) is 42.5 Å². The molecule has 0 unspecified atom stereocenters. The minimum Gasteiger partial charge on any atom is -0.457 e. The number of para-hydroxylation sites is 1. The van der Waals surface area contributed by atoms with Crippen LogP contribution in [0.15, 0.2) is 79.7 Å². The Kier molecular flexibility index (Phi) is 6.00. The molecule has 0 spiro atoms. The van der Waals surface area contributed by atoms with E-state index in [4.69, 9.17) is 20.4 Å². The zero-order valence-electron chi connectivity index (χ0n) is 18.0. The van der Waals surface area contributed by atoms with Crippen LogP contribution in [0.3, 0.4) is 0 Å². The lowest BCUT2D eigenvalue weighted by atomic mass is 10.1. The van der Waals surface area contributed by atoms with Crippen molar-refractivity contribution in [3.05, 3.63) is 97.8 Å². The number of nitrogens with zero attached hydrogens (tertiary/aromatic N) is 2. The smallest absolute Gasteiger partial charge is 0.416 e. The maximum Gasteiger partial charge on any atom is 0.416 e. The van der Waals surface area contributed by atoms with E-state index < -0.39 is 17.4 Å². The van der Waals surface area contributed by atoms with Gasteiger partial charge in [0, 0.05) is 22.4 Å². The third kappa shape index (κ3) is 4.56. The molecule has 0 N–H and O–H groups in total. The van der Waals surface area contributed by atoms with Crippen LogP contribution in [-0.2, 0) is 6.18 Å². The highest BCUT2D eigenvalue weighted by atomic mass is 35.5. The lowest BCUT2D eigenvalue weighted by Crippen LogP contribution is -2.04. The summed E-state index contributed by atoms with van der Waals surface area (Å²) in [6.45, 7) is 0. The molecule has 0 aliphatic carbocycles. The minimum absolute atomic E-state index is 0.0733. The topological polar surface area (TPSA) is 80.0 Å². The lowest BCUT2D eigenvalue weighted by Gasteiger charge is -2.09. The molecule has 0 aliphatic heterocycles. The first-order valence-corrected chi connectivity index (χ1v) is 11.6. The average molecular weight is 525 g/mol. The highest BCUT2D eigenvalue weighted by Gasteiger charge is 2.31. The largest absolute Gasteiger partial charge is 0.457 e. The van der Waals surface area contributed by atoms with Crippen LogP contribution in [0, 0.1) is 11.3 Å². The molecule has 0 amide bonds. The number of halogens is 4. The summed E-state index contributed by atoms with van der Waals surface area (Å²) in [5, 5.41) is 12.5. The number of hydrogen-bond acceptors (Lipinski definition) is 6. The molecule has 10 heteroatoms. The fraction of sp³-hybridized carbons (Fsp3) is 0.0385. The molecule has 3 heterocycles. The number of alkyl halides is 3. The van der Waals surface area contributed by atoms with E-state index in [0.717, 1.165) is 34.9 Å². The van der Waals surface area contributed by atoms with Gasteiger partial charge in [-0.25, -0.2) is 9.78 Å². The van der Waals surface area contributed by atoms with E-state index in [9.17, 15) is 23.2 Å². The Hall–Kier alpha value is -4.13. The van der Waals surface area contributed by atoms with Crippen LogP contribution >= 0.6 is 22.9 Å². The van der Waals surface area contributed by atoms with Gasteiger partial charge in [0.15, 0.2) is 0 Å². The molecule has 36 heavy (non-hydrogen) atoms. The Bertz CT molecular complexity index is 1740. The second-order valence-electron chi connectivity index (χ2n) is 7.59. The van der Waals surface area contributed by atoms with E-state index >= 15 is 0 Å². The van der Waals surface area contributed by atoms with Gasteiger partial charge in [0.05, 0.1) is 27.4 Å². The van der Waals surface area contributed by atoms with Crippen molar-refractivity contribution in [2.75, 3.05) is 0 Å². The fourth-order valence-electron chi connectivity index (χ4n) is 3.51. The summed E-state index contributed by atoms with van der Waals surface area (Å²) in [4.78, 5) is 16.9. The minimum atomic E-state index is -4.53. The first kappa shape index (κ1) is 23.6. The van der Waals surface area contributed by atoms with Gasteiger partial charge in [-0.2, -0.15) is 18.4 Å². The van der Waals surface area contributed by atoms with Gasteiger partial charge in [0.25, 0.3) is 0 Å². The van der Waals surface area contributed by atoms with E-state index in [0.29, 0.717) is 16.3 Å². The lowest BCUT2D eigenvalue weighted by molar-refractivity contribution is -0.137. The van der Waals surface area contributed by atoms with E-state index in [1.165, 1.54) is 18.2 Å². The van der Waals surface area contributed by atoms with Crippen LogP contribution in [0.25, 0.3) is 45.2 Å². The summed E-state index contributed by atoms with van der Waals surface area (Å²) in [5.74, 6) is 0.334. The van der Waals surface area contributed by atoms with Crippen molar-refractivity contribution in [1.82, 2.24) is 4.98 Å². The third-order valence-corrected chi connectivity index (χ3v) is 6.45. The number of rotatable bonds is 4. The molecular formula is C26H12ClF3N2O3S. The maximum atomic E-state index is 13.1. The maximum absolute atomic E-state index is 13.1. The third-order valence-electron chi connectivity index (χ3n) is 5.24. The van der Waals surface area contributed by atoms with Gasteiger partial charge >= 0.3 is 11.8 Å². The van der Waals surface area contributed by atoms with Gasteiger partial charge in [0.1, 0.15) is 28.2 Å². The number of nitriles is 1. The van der Waals surface area contributed by atoms with E-state index in [-0.39, 0.29) is 33.2 Å². The molecule has 0 radical (unpaired) electrons. The predicted molar refractivity (Wildman–Crippen MR) is 131 cm³/mol. The van der Waals surface area contributed by atoms with Crippen LogP contribution in [-0.4, -0.2) is 4.98 Å². The second-order valence-corrected chi connectivity index (χ2v) is 8.85. The van der Waals surface area contributed by atoms with E-state index in [2.05, 4.69) is 4.98 Å². The molecule has 178 valence electrons. The summed E-state index contributed by atoms with van der Waals surface area (Å²) in [5.41, 5.74) is -0.131. The Labute approximate surface area is 210 Å². The quantitative estimate of drug-likeness (QED) is 0.176. The van der Waals surface area contributed by atoms with Gasteiger partial charge in [-0.3, -0.25) is 0 Å². The Balaban J connectivity index is 1.47. The van der Waals surface area contributed by atoms with Crippen LogP contribution in [0.2, 0.25) is 5.02 Å². The summed E-state index contributed by atoms with van der Waals surface area (Å²) >= 11 is 7.24. The van der Waals surface area contributed by atoms with Crippen molar-refractivity contribution in [2.24, 2.45) is 0 Å². The molecule has 0 atom stereocenters. The van der Waals surface area contributed by atoms with Crippen molar-refractivity contribution in [2.45, 2.75) is 6.18 Å². The van der Waals surface area contributed by atoms with Crippen LogP contribution in [0.1, 0.15) is 16.3 Å². The second kappa shape index (κ2) is 9.15. The van der Waals surface area contributed by atoms with Crippen LogP contribution in [0.5, 0.6) is 0 Å². The van der Waals surface area contributed by atoms with Crippen molar-refractivity contribution in [3.63, 3.8) is 0 Å². The molecular weight excluding hydrogens is 513 g/mol. The summed E-state index contributed by atoms with van der Waals surface area (Å²) in [6, 6.07) is 16.7. The zero-order chi connectivity index (χ0) is 25.4. The van der Waals surface area contributed by atoms with Crippen LogP contribution < -0.4 is 5.63 Å². The van der Waals surface area contributed by atoms with Crippen molar-refractivity contribution in [1.29, 1.82) is 5.26 Å². The van der Waals surface area contributed by atoms with Crippen molar-refractivity contribution < 1.29 is 22.0 Å². The molecule has 0 saturated carbocycles. The fourth-order valence-corrected chi connectivity index (χ4v) is 4.51. The van der Waals surface area contributed by atoms with Gasteiger partial charge < -0.3 is 8.83 Å². The highest BCUT2D eigenvalue weighted by Crippen LogP contribution is 2.37. The number of benzene rings is 2. The number of hydrogen-bond donors (Lipinski definition) is 0. The molecule has 5 nitrogen and oxygen atoms in total. The summed E-state index contributed by atoms with van der Waals surface area (Å²) in [6.07, 6.45) is -3.12. The Morgan fingerprint density at radius 1 is 1.06 bits per heavy atom. The number of aromatic nitrogens is 1. The number of thiazole rings is 1. The molecule has 3 aromatic heterocycles. The van der Waals surface area contributed by atoms with Crippen molar-refractivity contribution >= 4 is 45.6 Å². The number of furan rings is 1. The number of fused-ring (bicyclic) bond motifs is 1. The molecule has 5 aromatic rings. The first-order valence-electron chi connectivity index (χ1n) is 10.3. The molecule has 2 aromatic carbocycles. The predicted octanol–water partition coefficient (Wildman–Crippen LogP) is 7.91. The Morgan fingerprint density at radius 3 is 2.64 bits per heavy atom. The Morgan fingerprint density at radius 2 is 1.86 bits per heavy atom. The SMILES string of the molecule is N#C/C(=C\c1ccc(-c2cc(C(F)(F)F)ccc2Cl)o1)c1nc(-c2cc3ccccc3oc2=O)cs1. The molecule has 0 bridgehead atoms. The molecule has 0 saturated heterocycles. The molecule has 5 rings (SSSR count). The van der Waals surface area contributed by atoms with Gasteiger partial charge in [-0.1, -0.05) is 29.8 Å². The normalized spacial score (nSPS) is 12.1. The van der Waals surface area contributed by atoms with Crippen LogP contribution in [0.4, 0.5) is 13.2 Å². The summed E-state index contributed by atoms with van der Waals surface area (Å²) in [7, 11) is 0. The first-order chi connectivity index (χ1) is 17.2. The molecule has 0 aliphatic rings. The zero-order valence-corrected chi connectivity index (χ0v) is 19.5. The average Bonchev–Trinajstić information content (AvgIpc) is 3.52. The van der Waals surface area contributed by atoms with Crippen molar-refractivity contribution in [3.8, 4) is 28.7 Å². The van der Waals surface area contributed by atoms with E-state index in [1.54, 1.807) is 29.6 Å². The van der Waals surface area contributed by atoms with E-state index in [1.807, 2.05) is 12.1 Å². The standard InChI is InChI=1S/C26H12ClF3N2O3S/c27-20-7-5-16(26(28,29)30)11-18(20)23-8-6-17(34-23)9-15(12-31)24-32-21(13-36-24)19-10-14-3-1-2-4-22(14)35-25(19)33/h1-11,13H/b15-9+. The highest BCUT2D eigenvalue weighted by molar-refractivity contribution is 7.11. The monoisotopic (exact) mass is 524 g/mol.